The SMILES string of the molecule is Cc1ccccc1Cn1cccc1CN(Cc1ccccc1)C(=O)c1cc(Cl)cc(Cl)c1. The first-order valence-corrected chi connectivity index (χ1v) is 11.2. The molecule has 0 spiro atoms. The number of halogens is 2. The predicted octanol–water partition coefficient (Wildman–Crippen LogP) is 6.99. The van der Waals surface area contributed by atoms with E-state index in [-0.39, 0.29) is 5.91 Å². The van der Waals surface area contributed by atoms with Crippen LogP contribution in [0.1, 0.15) is 32.7 Å². The summed E-state index contributed by atoms with van der Waals surface area (Å²) in [4.78, 5) is 15.3. The maximum absolute atomic E-state index is 13.5. The van der Waals surface area contributed by atoms with Crippen molar-refractivity contribution in [3.8, 4) is 0 Å². The fourth-order valence-corrected chi connectivity index (χ4v) is 4.30. The van der Waals surface area contributed by atoms with Gasteiger partial charge in [-0.15, -0.1) is 0 Å². The molecule has 3 aromatic carbocycles. The summed E-state index contributed by atoms with van der Waals surface area (Å²) in [6.07, 6.45) is 2.06. The van der Waals surface area contributed by atoms with Gasteiger partial charge in [-0.1, -0.05) is 77.8 Å². The molecule has 0 atom stereocenters. The Hall–Kier alpha value is -3.01. The molecule has 32 heavy (non-hydrogen) atoms. The molecule has 4 aromatic rings. The first-order valence-electron chi connectivity index (χ1n) is 10.5. The maximum atomic E-state index is 13.5. The molecule has 0 aliphatic heterocycles. The molecule has 0 saturated carbocycles. The highest BCUT2D eigenvalue weighted by molar-refractivity contribution is 6.35. The van der Waals surface area contributed by atoms with Crippen molar-refractivity contribution in [3.05, 3.63) is 129 Å². The van der Waals surface area contributed by atoms with Gasteiger partial charge in [0.05, 0.1) is 6.54 Å². The highest BCUT2D eigenvalue weighted by Crippen LogP contribution is 2.22. The van der Waals surface area contributed by atoms with Gasteiger partial charge in [0, 0.05) is 40.6 Å². The summed E-state index contributed by atoms with van der Waals surface area (Å²) in [6.45, 7) is 3.83. The number of hydrogen-bond acceptors (Lipinski definition) is 1. The van der Waals surface area contributed by atoms with E-state index in [1.54, 1.807) is 18.2 Å². The standard InChI is InChI=1S/C27H24Cl2N2O/c1-20-8-5-6-11-22(20)18-30-13-7-12-26(30)19-31(17-21-9-3-2-4-10-21)27(32)23-14-24(28)16-25(29)15-23/h2-16H,17-19H2,1H3. The van der Waals surface area contributed by atoms with Crippen molar-refractivity contribution >= 4 is 29.1 Å². The highest BCUT2D eigenvalue weighted by Gasteiger charge is 2.19. The number of aromatic nitrogens is 1. The molecule has 162 valence electrons. The van der Waals surface area contributed by atoms with Crippen molar-refractivity contribution in [1.29, 1.82) is 0 Å². The summed E-state index contributed by atoms with van der Waals surface area (Å²) in [5, 5.41) is 0.895. The van der Waals surface area contributed by atoms with Crippen molar-refractivity contribution in [2.75, 3.05) is 0 Å². The number of benzene rings is 3. The number of amides is 1. The zero-order valence-corrected chi connectivity index (χ0v) is 19.4. The van der Waals surface area contributed by atoms with E-state index in [2.05, 4.69) is 42.0 Å². The van der Waals surface area contributed by atoms with Gasteiger partial charge in [-0.05, 0) is 53.9 Å². The Morgan fingerprint density at radius 3 is 2.25 bits per heavy atom. The number of hydrogen-bond donors (Lipinski definition) is 0. The molecule has 1 amide bonds. The molecule has 0 saturated heterocycles. The van der Waals surface area contributed by atoms with Crippen LogP contribution < -0.4 is 0 Å². The van der Waals surface area contributed by atoms with E-state index in [1.807, 2.05) is 47.4 Å². The van der Waals surface area contributed by atoms with E-state index < -0.39 is 0 Å². The zero-order chi connectivity index (χ0) is 22.5. The molecular weight excluding hydrogens is 439 g/mol. The molecule has 1 aromatic heterocycles. The molecule has 0 bridgehead atoms. The average molecular weight is 463 g/mol. The van der Waals surface area contributed by atoms with Crippen molar-refractivity contribution in [3.63, 3.8) is 0 Å². The highest BCUT2D eigenvalue weighted by atomic mass is 35.5. The lowest BCUT2D eigenvalue weighted by molar-refractivity contribution is 0.0726. The summed E-state index contributed by atoms with van der Waals surface area (Å²) < 4.78 is 2.19. The lowest BCUT2D eigenvalue weighted by atomic mass is 10.1. The second-order valence-electron chi connectivity index (χ2n) is 7.86. The van der Waals surface area contributed by atoms with Gasteiger partial charge < -0.3 is 9.47 Å². The van der Waals surface area contributed by atoms with Gasteiger partial charge >= 0.3 is 0 Å². The summed E-state index contributed by atoms with van der Waals surface area (Å²) >= 11 is 12.3. The van der Waals surface area contributed by atoms with Crippen molar-refractivity contribution in [1.82, 2.24) is 9.47 Å². The third kappa shape index (κ3) is 5.42. The van der Waals surface area contributed by atoms with Crippen LogP contribution in [0.5, 0.6) is 0 Å². The van der Waals surface area contributed by atoms with Crippen molar-refractivity contribution in [2.24, 2.45) is 0 Å². The molecule has 0 unspecified atom stereocenters. The average Bonchev–Trinajstić information content (AvgIpc) is 3.21. The fourth-order valence-electron chi connectivity index (χ4n) is 3.78. The van der Waals surface area contributed by atoms with Gasteiger partial charge in [-0.2, -0.15) is 0 Å². The van der Waals surface area contributed by atoms with Crippen molar-refractivity contribution in [2.45, 2.75) is 26.6 Å². The van der Waals surface area contributed by atoms with Gasteiger partial charge in [-0.25, -0.2) is 0 Å². The Balaban J connectivity index is 1.63. The number of aryl methyl sites for hydroxylation is 1. The van der Waals surface area contributed by atoms with Crippen LogP contribution in [0.2, 0.25) is 10.0 Å². The first-order chi connectivity index (χ1) is 15.5. The van der Waals surface area contributed by atoms with Crippen LogP contribution in [0, 0.1) is 6.92 Å². The number of carbonyl (C=O) groups excluding carboxylic acids is 1. The van der Waals surface area contributed by atoms with E-state index in [0.717, 1.165) is 17.8 Å². The van der Waals surface area contributed by atoms with Gasteiger partial charge in [-0.3, -0.25) is 4.79 Å². The van der Waals surface area contributed by atoms with E-state index >= 15 is 0 Å². The molecule has 5 heteroatoms. The normalized spacial score (nSPS) is 10.8. The fraction of sp³-hybridized carbons (Fsp3) is 0.148. The van der Waals surface area contributed by atoms with Gasteiger partial charge in [0.1, 0.15) is 0 Å². The molecule has 4 rings (SSSR count). The third-order valence-electron chi connectivity index (χ3n) is 5.49. The second kappa shape index (κ2) is 10.1. The van der Waals surface area contributed by atoms with Crippen LogP contribution in [0.4, 0.5) is 0 Å². The van der Waals surface area contributed by atoms with E-state index in [9.17, 15) is 4.79 Å². The Morgan fingerprint density at radius 1 is 0.844 bits per heavy atom. The zero-order valence-electron chi connectivity index (χ0n) is 17.8. The van der Waals surface area contributed by atoms with E-state index in [0.29, 0.717) is 28.7 Å². The van der Waals surface area contributed by atoms with Crippen LogP contribution in [0.25, 0.3) is 0 Å². The minimum atomic E-state index is -0.109. The minimum Gasteiger partial charge on any atom is -0.345 e. The monoisotopic (exact) mass is 462 g/mol. The topological polar surface area (TPSA) is 25.2 Å². The molecule has 3 nitrogen and oxygen atoms in total. The lowest BCUT2D eigenvalue weighted by Gasteiger charge is -2.24. The second-order valence-corrected chi connectivity index (χ2v) is 8.73. The summed E-state index contributed by atoms with van der Waals surface area (Å²) in [5.41, 5.74) is 5.11. The molecule has 0 aliphatic carbocycles. The Labute approximate surface area is 198 Å². The summed E-state index contributed by atoms with van der Waals surface area (Å²) in [5.74, 6) is -0.109. The molecule has 0 radical (unpaired) electrons. The van der Waals surface area contributed by atoms with Crippen molar-refractivity contribution < 1.29 is 4.79 Å². The largest absolute Gasteiger partial charge is 0.345 e. The number of nitrogens with zero attached hydrogens (tertiary/aromatic N) is 2. The van der Waals surface area contributed by atoms with Crippen LogP contribution in [-0.2, 0) is 19.6 Å². The van der Waals surface area contributed by atoms with Gasteiger partial charge in [0.15, 0.2) is 0 Å². The smallest absolute Gasteiger partial charge is 0.254 e. The Kier molecular flexibility index (Phi) is 6.99. The quantitative estimate of drug-likeness (QED) is 0.290. The maximum Gasteiger partial charge on any atom is 0.254 e. The Morgan fingerprint density at radius 2 is 1.53 bits per heavy atom. The predicted molar refractivity (Wildman–Crippen MR) is 131 cm³/mol. The molecule has 1 heterocycles. The summed E-state index contributed by atoms with van der Waals surface area (Å²) in [7, 11) is 0. The minimum absolute atomic E-state index is 0.109. The molecule has 0 N–H and O–H groups in total. The number of rotatable bonds is 7. The number of carbonyl (C=O) groups is 1. The third-order valence-corrected chi connectivity index (χ3v) is 5.93. The lowest BCUT2D eigenvalue weighted by Crippen LogP contribution is -2.31. The van der Waals surface area contributed by atoms with Gasteiger partial charge in [0.25, 0.3) is 5.91 Å². The van der Waals surface area contributed by atoms with Crippen LogP contribution in [0.3, 0.4) is 0 Å². The Bertz CT molecular complexity index is 1200. The van der Waals surface area contributed by atoms with E-state index in [4.69, 9.17) is 23.2 Å². The molecular formula is C27H24Cl2N2O. The van der Waals surface area contributed by atoms with Gasteiger partial charge in [0.2, 0.25) is 0 Å². The first kappa shape index (κ1) is 22.2. The van der Waals surface area contributed by atoms with Crippen LogP contribution in [0.15, 0.2) is 91.1 Å². The summed E-state index contributed by atoms with van der Waals surface area (Å²) in [6, 6.07) is 27.4. The molecule has 0 fully saturated rings. The van der Waals surface area contributed by atoms with Crippen LogP contribution >= 0.6 is 23.2 Å². The van der Waals surface area contributed by atoms with E-state index in [1.165, 1.54) is 11.1 Å². The van der Waals surface area contributed by atoms with Crippen LogP contribution in [-0.4, -0.2) is 15.4 Å². The molecule has 0 aliphatic rings.